The highest BCUT2D eigenvalue weighted by Gasteiger charge is 2.50. The second-order valence-corrected chi connectivity index (χ2v) is 4.71. The third kappa shape index (κ3) is 2.77. The Labute approximate surface area is 89.8 Å². The fourth-order valence-electron chi connectivity index (χ4n) is 1.48. The van der Waals surface area contributed by atoms with Gasteiger partial charge in [-0.05, 0) is 0 Å². The molecule has 0 amide bonds. The van der Waals surface area contributed by atoms with Crippen LogP contribution in [0.5, 0.6) is 0 Å². The molecule has 10 heteroatoms. The standard InChI is InChI=1S/C6H13O9P/c7-1-2(8)4(10)6(5(11)3(1)9)15-16(12,13)14/h1-11H,(H2,12,13,14)/t1?,2?,3?,4-,5?,6?/m0/s1. The number of phosphoric ester groups is 1. The molecule has 16 heavy (non-hydrogen) atoms. The molecule has 7 N–H and O–H groups in total. The molecular weight excluding hydrogens is 247 g/mol. The summed E-state index contributed by atoms with van der Waals surface area (Å²) in [6, 6.07) is 0. The second kappa shape index (κ2) is 4.65. The molecule has 6 atom stereocenters. The maximum absolute atomic E-state index is 10.5. The Balaban J connectivity index is 2.87. The van der Waals surface area contributed by atoms with Gasteiger partial charge in [-0.2, -0.15) is 0 Å². The first-order valence-corrected chi connectivity index (χ1v) is 5.82. The highest BCUT2D eigenvalue weighted by atomic mass is 31.2. The predicted octanol–water partition coefficient (Wildman–Crippen LogP) is -3.72. The van der Waals surface area contributed by atoms with Gasteiger partial charge in [-0.25, -0.2) is 4.57 Å². The van der Waals surface area contributed by atoms with Crippen LogP contribution in [0.4, 0.5) is 0 Å². The molecule has 1 fully saturated rings. The summed E-state index contributed by atoms with van der Waals surface area (Å²) in [5, 5.41) is 46.1. The summed E-state index contributed by atoms with van der Waals surface area (Å²) >= 11 is 0. The van der Waals surface area contributed by atoms with E-state index in [1.807, 2.05) is 0 Å². The van der Waals surface area contributed by atoms with Crippen LogP contribution in [0.25, 0.3) is 0 Å². The fraction of sp³-hybridized carbons (Fsp3) is 1.00. The van der Waals surface area contributed by atoms with Crippen molar-refractivity contribution >= 4 is 7.82 Å². The Kier molecular flexibility index (Phi) is 4.06. The number of phosphoric acid groups is 1. The van der Waals surface area contributed by atoms with E-state index in [-0.39, 0.29) is 0 Å². The Morgan fingerprint density at radius 1 is 0.750 bits per heavy atom. The van der Waals surface area contributed by atoms with E-state index >= 15 is 0 Å². The molecule has 0 aromatic rings. The predicted molar refractivity (Wildman–Crippen MR) is 47.0 cm³/mol. The lowest BCUT2D eigenvalue weighted by atomic mass is 9.85. The molecule has 0 aromatic heterocycles. The molecule has 0 radical (unpaired) electrons. The Morgan fingerprint density at radius 2 is 1.06 bits per heavy atom. The third-order valence-electron chi connectivity index (χ3n) is 2.33. The summed E-state index contributed by atoms with van der Waals surface area (Å²) in [4.78, 5) is 17.0. The van der Waals surface area contributed by atoms with Gasteiger partial charge in [-0.1, -0.05) is 0 Å². The Hall–Kier alpha value is -0.0900. The van der Waals surface area contributed by atoms with Crippen LogP contribution in [0.2, 0.25) is 0 Å². The number of rotatable bonds is 2. The van der Waals surface area contributed by atoms with E-state index in [0.717, 1.165) is 0 Å². The Morgan fingerprint density at radius 3 is 1.38 bits per heavy atom. The first kappa shape index (κ1) is 14.0. The first-order valence-electron chi connectivity index (χ1n) is 4.29. The monoisotopic (exact) mass is 260 g/mol. The molecule has 96 valence electrons. The lowest BCUT2D eigenvalue weighted by Gasteiger charge is -2.41. The van der Waals surface area contributed by atoms with Gasteiger partial charge in [0.15, 0.2) is 0 Å². The summed E-state index contributed by atoms with van der Waals surface area (Å²) in [5.74, 6) is 0. The van der Waals surface area contributed by atoms with Crippen LogP contribution in [-0.2, 0) is 9.09 Å². The molecule has 0 saturated heterocycles. The van der Waals surface area contributed by atoms with E-state index in [0.29, 0.717) is 0 Å². The van der Waals surface area contributed by atoms with E-state index < -0.39 is 44.4 Å². The average molecular weight is 260 g/mol. The summed E-state index contributed by atoms with van der Waals surface area (Å²) in [6.07, 6.45) is -11.3. The molecule has 0 bridgehead atoms. The normalized spacial score (nSPS) is 45.7. The Bertz CT molecular complexity index is 274. The van der Waals surface area contributed by atoms with Crippen molar-refractivity contribution in [2.45, 2.75) is 36.6 Å². The van der Waals surface area contributed by atoms with E-state index in [2.05, 4.69) is 4.52 Å². The molecule has 0 aliphatic heterocycles. The van der Waals surface area contributed by atoms with E-state index in [4.69, 9.17) is 14.9 Å². The van der Waals surface area contributed by atoms with Gasteiger partial charge < -0.3 is 35.3 Å². The lowest BCUT2D eigenvalue weighted by molar-refractivity contribution is -0.219. The lowest BCUT2D eigenvalue weighted by Crippen LogP contribution is -2.64. The van der Waals surface area contributed by atoms with Crippen LogP contribution < -0.4 is 0 Å². The van der Waals surface area contributed by atoms with Gasteiger partial charge >= 0.3 is 7.82 Å². The number of hydrogen-bond acceptors (Lipinski definition) is 7. The van der Waals surface area contributed by atoms with Crippen molar-refractivity contribution in [2.24, 2.45) is 0 Å². The van der Waals surface area contributed by atoms with Gasteiger partial charge in [0.1, 0.15) is 36.6 Å². The van der Waals surface area contributed by atoms with Gasteiger partial charge in [0.25, 0.3) is 0 Å². The zero-order valence-corrected chi connectivity index (χ0v) is 8.75. The maximum Gasteiger partial charge on any atom is 0.470 e. The largest absolute Gasteiger partial charge is 0.470 e. The van der Waals surface area contributed by atoms with Crippen molar-refractivity contribution in [1.82, 2.24) is 0 Å². The zero-order chi connectivity index (χ0) is 12.7. The fourth-order valence-corrected chi connectivity index (χ4v) is 2.05. The summed E-state index contributed by atoms with van der Waals surface area (Å²) in [6.45, 7) is 0. The molecule has 1 aliphatic rings. The summed E-state index contributed by atoms with van der Waals surface area (Å²) in [5.41, 5.74) is 0. The smallest absolute Gasteiger partial charge is 0.387 e. The van der Waals surface area contributed by atoms with Gasteiger partial charge in [-0.15, -0.1) is 0 Å². The van der Waals surface area contributed by atoms with Crippen molar-refractivity contribution in [3.8, 4) is 0 Å². The molecule has 0 aromatic carbocycles. The molecule has 1 rings (SSSR count). The number of aliphatic hydroxyl groups excluding tert-OH is 5. The van der Waals surface area contributed by atoms with Gasteiger partial charge in [0.2, 0.25) is 0 Å². The van der Waals surface area contributed by atoms with Crippen LogP contribution in [0.1, 0.15) is 0 Å². The molecule has 9 nitrogen and oxygen atoms in total. The minimum Gasteiger partial charge on any atom is -0.387 e. The van der Waals surface area contributed by atoms with Crippen LogP contribution in [0.3, 0.4) is 0 Å². The third-order valence-corrected chi connectivity index (χ3v) is 2.85. The van der Waals surface area contributed by atoms with Crippen molar-refractivity contribution in [1.29, 1.82) is 0 Å². The minimum absolute atomic E-state index is 1.83. The van der Waals surface area contributed by atoms with Gasteiger partial charge in [0, 0.05) is 0 Å². The van der Waals surface area contributed by atoms with Crippen molar-refractivity contribution in [3.05, 3.63) is 0 Å². The summed E-state index contributed by atoms with van der Waals surface area (Å²) < 4.78 is 14.5. The van der Waals surface area contributed by atoms with E-state index in [1.54, 1.807) is 0 Å². The summed E-state index contributed by atoms with van der Waals surface area (Å²) in [7, 11) is -5.01. The van der Waals surface area contributed by atoms with Crippen molar-refractivity contribution in [2.75, 3.05) is 0 Å². The minimum atomic E-state index is -5.01. The van der Waals surface area contributed by atoms with E-state index in [1.165, 1.54) is 0 Å². The number of aliphatic hydroxyl groups is 5. The molecule has 0 heterocycles. The maximum atomic E-state index is 10.5. The van der Waals surface area contributed by atoms with Crippen LogP contribution >= 0.6 is 7.82 Å². The molecule has 0 spiro atoms. The molecule has 1 aliphatic carbocycles. The molecule has 1 saturated carbocycles. The van der Waals surface area contributed by atoms with Crippen LogP contribution in [0, 0.1) is 0 Å². The first-order chi connectivity index (χ1) is 7.15. The quantitative estimate of drug-likeness (QED) is 0.247. The zero-order valence-electron chi connectivity index (χ0n) is 7.86. The molecular formula is C6H13O9P. The highest BCUT2D eigenvalue weighted by molar-refractivity contribution is 7.46. The highest BCUT2D eigenvalue weighted by Crippen LogP contribution is 2.41. The van der Waals surface area contributed by atoms with Crippen LogP contribution in [0.15, 0.2) is 0 Å². The average Bonchev–Trinajstić information content (AvgIpc) is 2.17. The van der Waals surface area contributed by atoms with Crippen molar-refractivity contribution in [3.63, 3.8) is 0 Å². The van der Waals surface area contributed by atoms with Crippen molar-refractivity contribution < 1.29 is 44.4 Å². The SMILES string of the molecule is O=P(O)(O)OC1C(O)C(O)C(O)C(O)[C@@H]1O. The topological polar surface area (TPSA) is 168 Å². The van der Waals surface area contributed by atoms with Gasteiger partial charge in [-0.3, -0.25) is 4.52 Å². The number of hydrogen-bond donors (Lipinski definition) is 7. The van der Waals surface area contributed by atoms with E-state index in [9.17, 15) is 25.0 Å². The second-order valence-electron chi connectivity index (χ2n) is 3.51. The van der Waals surface area contributed by atoms with Gasteiger partial charge in [0.05, 0.1) is 0 Å². The molecule has 5 unspecified atom stereocenters. The van der Waals surface area contributed by atoms with Crippen LogP contribution in [-0.4, -0.2) is 71.9 Å².